The number of carbonyl (C=O) groups excluding carboxylic acids is 1. The number of carbonyl (C=O) groups is 1. The van der Waals surface area contributed by atoms with Crippen molar-refractivity contribution < 1.29 is 13.2 Å². The van der Waals surface area contributed by atoms with Crippen LogP contribution >= 0.6 is 0 Å². The molecule has 0 unspecified atom stereocenters. The number of amides is 1. The lowest BCUT2D eigenvalue weighted by atomic mass is 10.1. The fraction of sp³-hybridized carbons (Fsp3) is 0.409. The van der Waals surface area contributed by atoms with Crippen LogP contribution in [0.25, 0.3) is 0 Å². The molecule has 0 spiro atoms. The molecule has 29 heavy (non-hydrogen) atoms. The van der Waals surface area contributed by atoms with Gasteiger partial charge >= 0.3 is 0 Å². The highest BCUT2D eigenvalue weighted by Gasteiger charge is 2.26. The van der Waals surface area contributed by atoms with Gasteiger partial charge in [-0.2, -0.15) is 4.31 Å². The smallest absolute Gasteiger partial charge is 0.253 e. The average Bonchev–Trinajstić information content (AvgIpc) is 3.27. The summed E-state index contributed by atoms with van der Waals surface area (Å²) in [5.74, 6) is -0.257. The molecule has 6 nitrogen and oxygen atoms in total. The Bertz CT molecular complexity index is 935. The van der Waals surface area contributed by atoms with Crippen LogP contribution in [0.4, 0.5) is 5.69 Å². The Morgan fingerprint density at radius 1 is 1.03 bits per heavy atom. The van der Waals surface area contributed by atoms with Gasteiger partial charge in [-0.1, -0.05) is 44.2 Å². The van der Waals surface area contributed by atoms with Crippen molar-refractivity contribution in [3.63, 3.8) is 0 Å². The third kappa shape index (κ3) is 4.79. The third-order valence-electron chi connectivity index (χ3n) is 5.30. The molecule has 2 aromatic rings. The summed E-state index contributed by atoms with van der Waals surface area (Å²) in [6, 6.07) is 14.6. The molecule has 0 aliphatic carbocycles. The molecule has 3 rings (SSSR count). The summed E-state index contributed by atoms with van der Waals surface area (Å²) < 4.78 is 27.3. The highest BCUT2D eigenvalue weighted by Crippen LogP contribution is 2.28. The Balaban J connectivity index is 1.93. The second kappa shape index (κ2) is 9.41. The van der Waals surface area contributed by atoms with E-state index in [0.29, 0.717) is 25.2 Å². The molecular formula is C22H29N3O3S. The van der Waals surface area contributed by atoms with Crippen LogP contribution in [0.1, 0.15) is 42.6 Å². The normalized spacial score (nSPS) is 14.4. The van der Waals surface area contributed by atoms with Crippen LogP contribution in [-0.4, -0.2) is 44.8 Å². The van der Waals surface area contributed by atoms with Crippen molar-refractivity contribution in [1.82, 2.24) is 9.62 Å². The zero-order chi connectivity index (χ0) is 20.9. The lowest BCUT2D eigenvalue weighted by Gasteiger charge is -2.23. The molecule has 7 heteroatoms. The van der Waals surface area contributed by atoms with Crippen LogP contribution in [0.2, 0.25) is 0 Å². The van der Waals surface area contributed by atoms with Gasteiger partial charge in [-0.3, -0.25) is 4.79 Å². The molecular weight excluding hydrogens is 386 g/mol. The molecule has 1 saturated heterocycles. The fourth-order valence-electron chi connectivity index (χ4n) is 3.68. The van der Waals surface area contributed by atoms with Crippen LogP contribution in [0, 0.1) is 0 Å². The third-order valence-corrected chi connectivity index (χ3v) is 7.34. The zero-order valence-corrected chi connectivity index (χ0v) is 17.9. The molecule has 0 saturated carbocycles. The van der Waals surface area contributed by atoms with Gasteiger partial charge in [0.1, 0.15) is 0 Å². The first-order valence-corrected chi connectivity index (χ1v) is 11.6. The predicted molar refractivity (Wildman–Crippen MR) is 116 cm³/mol. The highest BCUT2D eigenvalue weighted by atomic mass is 32.2. The van der Waals surface area contributed by atoms with Crippen molar-refractivity contribution >= 4 is 21.6 Å². The minimum atomic E-state index is -3.63. The van der Waals surface area contributed by atoms with E-state index < -0.39 is 10.0 Å². The second-order valence-corrected chi connectivity index (χ2v) is 9.07. The van der Waals surface area contributed by atoms with Gasteiger partial charge in [-0.25, -0.2) is 8.42 Å². The summed E-state index contributed by atoms with van der Waals surface area (Å²) in [5.41, 5.74) is 2.21. The topological polar surface area (TPSA) is 69.7 Å². The van der Waals surface area contributed by atoms with Crippen molar-refractivity contribution in [2.75, 3.05) is 31.1 Å². The second-order valence-electron chi connectivity index (χ2n) is 7.13. The van der Waals surface area contributed by atoms with Gasteiger partial charge in [0.05, 0.1) is 10.5 Å². The van der Waals surface area contributed by atoms with E-state index >= 15 is 0 Å². The maximum Gasteiger partial charge on any atom is 0.253 e. The Morgan fingerprint density at radius 2 is 1.69 bits per heavy atom. The lowest BCUT2D eigenvalue weighted by Crippen LogP contribution is -2.31. The van der Waals surface area contributed by atoms with E-state index in [1.54, 1.807) is 12.1 Å². The van der Waals surface area contributed by atoms with Crippen molar-refractivity contribution in [3.8, 4) is 0 Å². The molecule has 1 aliphatic heterocycles. The zero-order valence-electron chi connectivity index (χ0n) is 17.1. The highest BCUT2D eigenvalue weighted by molar-refractivity contribution is 7.89. The number of hydrogen-bond donors (Lipinski definition) is 1. The Hall–Kier alpha value is -2.38. The molecule has 1 amide bonds. The van der Waals surface area contributed by atoms with E-state index in [2.05, 4.69) is 10.2 Å². The minimum absolute atomic E-state index is 0.161. The summed E-state index contributed by atoms with van der Waals surface area (Å²) in [7, 11) is -3.63. The van der Waals surface area contributed by atoms with E-state index in [4.69, 9.17) is 0 Å². The number of hydrogen-bond acceptors (Lipinski definition) is 4. The van der Waals surface area contributed by atoms with Crippen molar-refractivity contribution in [1.29, 1.82) is 0 Å². The van der Waals surface area contributed by atoms with E-state index in [0.717, 1.165) is 37.2 Å². The Morgan fingerprint density at radius 3 is 2.31 bits per heavy atom. The van der Waals surface area contributed by atoms with E-state index in [-0.39, 0.29) is 10.8 Å². The maximum atomic E-state index is 13.0. The van der Waals surface area contributed by atoms with Crippen LogP contribution in [0.15, 0.2) is 53.4 Å². The lowest BCUT2D eigenvalue weighted by molar-refractivity contribution is 0.0951. The first-order valence-electron chi connectivity index (χ1n) is 10.2. The maximum absolute atomic E-state index is 13.0. The van der Waals surface area contributed by atoms with Crippen LogP contribution in [0.3, 0.4) is 0 Å². The summed E-state index contributed by atoms with van der Waals surface area (Å²) in [6.07, 6.45) is 2.15. The van der Waals surface area contributed by atoms with Gasteiger partial charge in [-0.15, -0.1) is 0 Å². The van der Waals surface area contributed by atoms with Crippen LogP contribution in [0.5, 0.6) is 0 Å². The van der Waals surface area contributed by atoms with Gasteiger partial charge in [0.25, 0.3) is 5.91 Å². The molecule has 0 aromatic heterocycles. The standard InChI is InChI=1S/C22H29N3O3S/c1-3-25(4-2)29(27,28)19-12-13-21(24-14-8-9-15-24)20(16-19)22(26)23-17-18-10-6-5-7-11-18/h5-7,10-13,16H,3-4,8-9,14-15,17H2,1-2H3,(H,23,26). The molecule has 1 aliphatic rings. The summed E-state index contributed by atoms with van der Waals surface area (Å²) in [4.78, 5) is 15.4. The summed E-state index contributed by atoms with van der Waals surface area (Å²) in [5, 5.41) is 2.94. The molecule has 1 N–H and O–H groups in total. The quantitative estimate of drug-likeness (QED) is 0.719. The van der Waals surface area contributed by atoms with Crippen molar-refractivity contribution in [2.45, 2.75) is 38.1 Å². The molecule has 1 heterocycles. The molecule has 0 bridgehead atoms. The van der Waals surface area contributed by atoms with E-state index in [1.165, 1.54) is 10.4 Å². The first kappa shape index (κ1) is 21.3. The van der Waals surface area contributed by atoms with Crippen molar-refractivity contribution in [2.24, 2.45) is 0 Å². The largest absolute Gasteiger partial charge is 0.371 e. The van der Waals surface area contributed by atoms with E-state index in [1.807, 2.05) is 44.2 Å². The van der Waals surface area contributed by atoms with Crippen LogP contribution in [-0.2, 0) is 16.6 Å². The number of sulfonamides is 1. The van der Waals surface area contributed by atoms with Gasteiger partial charge in [-0.05, 0) is 36.6 Å². The SMILES string of the molecule is CCN(CC)S(=O)(=O)c1ccc(N2CCCC2)c(C(=O)NCc2ccccc2)c1. The average molecular weight is 416 g/mol. The molecule has 1 fully saturated rings. The predicted octanol–water partition coefficient (Wildman–Crippen LogP) is 3.25. The monoisotopic (exact) mass is 415 g/mol. The van der Waals surface area contributed by atoms with Gasteiger partial charge in [0.2, 0.25) is 10.0 Å². The van der Waals surface area contributed by atoms with Crippen molar-refractivity contribution in [3.05, 3.63) is 59.7 Å². The molecule has 0 radical (unpaired) electrons. The van der Waals surface area contributed by atoms with Gasteiger partial charge < -0.3 is 10.2 Å². The fourth-order valence-corrected chi connectivity index (χ4v) is 5.16. The number of rotatable bonds is 8. The van der Waals surface area contributed by atoms with Gasteiger partial charge in [0, 0.05) is 38.4 Å². The Kier molecular flexibility index (Phi) is 6.92. The minimum Gasteiger partial charge on any atom is -0.371 e. The first-order chi connectivity index (χ1) is 14.0. The number of anilines is 1. The van der Waals surface area contributed by atoms with Gasteiger partial charge in [0.15, 0.2) is 0 Å². The number of nitrogens with one attached hydrogen (secondary N) is 1. The van der Waals surface area contributed by atoms with E-state index in [9.17, 15) is 13.2 Å². The number of nitrogens with zero attached hydrogens (tertiary/aromatic N) is 2. The molecule has 156 valence electrons. The Labute approximate surface area is 173 Å². The molecule has 2 aromatic carbocycles. The molecule has 0 atom stereocenters. The number of benzene rings is 2. The van der Waals surface area contributed by atoms with Crippen LogP contribution < -0.4 is 10.2 Å². The summed E-state index contributed by atoms with van der Waals surface area (Å²) >= 11 is 0. The summed E-state index contributed by atoms with van der Waals surface area (Å²) in [6.45, 7) is 6.55.